The van der Waals surface area contributed by atoms with E-state index >= 15 is 0 Å². The van der Waals surface area contributed by atoms with Crippen molar-refractivity contribution in [3.05, 3.63) is 59.9 Å². The first-order valence-corrected chi connectivity index (χ1v) is 10.0. The van der Waals surface area contributed by atoms with Gasteiger partial charge in [0.1, 0.15) is 5.82 Å². The highest BCUT2D eigenvalue weighted by Gasteiger charge is 2.15. The molecule has 1 atom stereocenters. The van der Waals surface area contributed by atoms with Gasteiger partial charge in [-0.3, -0.25) is 9.52 Å². The first-order valence-electron chi connectivity index (χ1n) is 8.56. The van der Waals surface area contributed by atoms with E-state index in [4.69, 9.17) is 4.74 Å². The monoisotopic (exact) mass is 408 g/mol. The molecule has 2 aromatic carbocycles. The van der Waals surface area contributed by atoms with Crippen molar-refractivity contribution >= 4 is 27.6 Å². The fourth-order valence-corrected chi connectivity index (χ4v) is 3.19. The fraction of sp³-hybridized carbons (Fsp3) is 0.263. The summed E-state index contributed by atoms with van der Waals surface area (Å²) in [6.45, 7) is 3.36. The molecule has 2 N–H and O–H groups in total. The van der Waals surface area contributed by atoms with Gasteiger partial charge in [-0.25, -0.2) is 17.6 Å². The Hall–Kier alpha value is -2.94. The quantitative estimate of drug-likeness (QED) is 0.654. The van der Waals surface area contributed by atoms with E-state index in [1.807, 2.05) is 13.8 Å². The molecule has 2 rings (SSSR count). The van der Waals surface area contributed by atoms with Crippen LogP contribution in [0.15, 0.2) is 53.4 Å². The van der Waals surface area contributed by atoms with Crippen molar-refractivity contribution in [1.82, 2.24) is 5.32 Å². The zero-order valence-electron chi connectivity index (χ0n) is 15.4. The van der Waals surface area contributed by atoms with E-state index in [0.717, 1.165) is 30.7 Å². The first kappa shape index (κ1) is 21.4. The number of carbonyl (C=O) groups is 2. The third-order valence-corrected chi connectivity index (χ3v) is 5.25. The predicted octanol–water partition coefficient (Wildman–Crippen LogP) is 2.70. The Labute approximate surface area is 163 Å². The van der Waals surface area contributed by atoms with Gasteiger partial charge in [-0.15, -0.1) is 0 Å². The zero-order valence-corrected chi connectivity index (χ0v) is 16.3. The number of rotatable bonds is 8. The number of hydrogen-bond donors (Lipinski definition) is 2. The summed E-state index contributed by atoms with van der Waals surface area (Å²) in [6.07, 6.45) is 0.759. The van der Waals surface area contributed by atoms with Crippen molar-refractivity contribution in [1.29, 1.82) is 0 Å². The van der Waals surface area contributed by atoms with E-state index < -0.39 is 34.3 Å². The summed E-state index contributed by atoms with van der Waals surface area (Å²) in [7, 11) is -3.88. The zero-order chi connectivity index (χ0) is 20.7. The molecule has 0 heterocycles. The molecule has 0 unspecified atom stereocenters. The molecule has 0 spiro atoms. The summed E-state index contributed by atoms with van der Waals surface area (Å²) in [4.78, 5) is 23.5. The van der Waals surface area contributed by atoms with Crippen LogP contribution in [0.2, 0.25) is 0 Å². The molecular weight excluding hydrogens is 387 g/mol. The minimum atomic E-state index is -3.88. The van der Waals surface area contributed by atoms with Gasteiger partial charge in [0.15, 0.2) is 6.61 Å². The van der Waals surface area contributed by atoms with Crippen LogP contribution in [0.5, 0.6) is 0 Å². The SMILES string of the molecule is CC[C@H](C)NC(=O)COC(=O)c1ccc(NS(=O)(=O)c2ccc(F)cc2)cc1. The van der Waals surface area contributed by atoms with Crippen molar-refractivity contribution in [2.24, 2.45) is 0 Å². The number of carbonyl (C=O) groups excluding carboxylic acids is 2. The van der Waals surface area contributed by atoms with Crippen LogP contribution in [-0.4, -0.2) is 32.9 Å². The fourth-order valence-electron chi connectivity index (χ4n) is 2.14. The average molecular weight is 408 g/mol. The molecule has 0 aliphatic rings. The van der Waals surface area contributed by atoms with Crippen LogP contribution in [-0.2, 0) is 19.6 Å². The maximum Gasteiger partial charge on any atom is 0.338 e. The van der Waals surface area contributed by atoms with E-state index in [1.54, 1.807) is 0 Å². The van der Waals surface area contributed by atoms with Crippen LogP contribution >= 0.6 is 0 Å². The molecule has 0 fully saturated rings. The summed E-state index contributed by atoms with van der Waals surface area (Å²) in [5.74, 6) is -1.64. The summed E-state index contributed by atoms with van der Waals surface area (Å²) < 4.78 is 44.7. The number of benzene rings is 2. The van der Waals surface area contributed by atoms with Gasteiger partial charge in [0.25, 0.3) is 15.9 Å². The molecule has 0 saturated heterocycles. The van der Waals surface area contributed by atoms with Crippen LogP contribution in [0, 0.1) is 5.82 Å². The van der Waals surface area contributed by atoms with Gasteiger partial charge in [0.05, 0.1) is 10.5 Å². The molecule has 7 nitrogen and oxygen atoms in total. The molecule has 9 heteroatoms. The number of esters is 1. The molecule has 150 valence electrons. The smallest absolute Gasteiger partial charge is 0.338 e. The standard InChI is InChI=1S/C19H21FN2O5S/c1-3-13(2)21-18(23)12-27-19(24)14-4-8-16(9-5-14)22-28(25,26)17-10-6-15(20)7-11-17/h4-11,13,22H,3,12H2,1-2H3,(H,21,23)/t13-/m0/s1. The normalized spacial score (nSPS) is 12.1. The second-order valence-corrected chi connectivity index (χ2v) is 7.77. The first-order chi connectivity index (χ1) is 13.2. The van der Waals surface area contributed by atoms with Crippen LogP contribution in [0.3, 0.4) is 0 Å². The number of halogens is 1. The number of nitrogens with one attached hydrogen (secondary N) is 2. The lowest BCUT2D eigenvalue weighted by Gasteiger charge is -2.11. The Morgan fingerprint density at radius 3 is 2.25 bits per heavy atom. The summed E-state index contributed by atoms with van der Waals surface area (Å²) in [5.41, 5.74) is 0.386. The van der Waals surface area contributed by atoms with Crippen molar-refractivity contribution in [2.75, 3.05) is 11.3 Å². The maximum atomic E-state index is 12.9. The lowest BCUT2D eigenvalue weighted by Crippen LogP contribution is -2.35. The molecule has 0 aliphatic heterocycles. The molecular formula is C19H21FN2O5S. The molecule has 0 aromatic heterocycles. The molecule has 0 saturated carbocycles. The topological polar surface area (TPSA) is 102 Å². The number of ether oxygens (including phenoxy) is 1. The maximum absolute atomic E-state index is 12.9. The minimum Gasteiger partial charge on any atom is -0.452 e. The van der Waals surface area contributed by atoms with Gasteiger partial charge in [-0.05, 0) is 61.9 Å². The van der Waals surface area contributed by atoms with Gasteiger partial charge in [0, 0.05) is 11.7 Å². The van der Waals surface area contributed by atoms with Crippen molar-refractivity contribution in [3.63, 3.8) is 0 Å². The Morgan fingerprint density at radius 2 is 1.68 bits per heavy atom. The van der Waals surface area contributed by atoms with Crippen molar-refractivity contribution in [2.45, 2.75) is 31.2 Å². The molecule has 0 radical (unpaired) electrons. The predicted molar refractivity (Wildman–Crippen MR) is 102 cm³/mol. The second kappa shape index (κ2) is 9.32. The molecule has 0 aliphatic carbocycles. The average Bonchev–Trinajstić information content (AvgIpc) is 2.66. The Morgan fingerprint density at radius 1 is 1.07 bits per heavy atom. The largest absolute Gasteiger partial charge is 0.452 e. The Bertz CT molecular complexity index is 928. The summed E-state index contributed by atoms with van der Waals surface area (Å²) >= 11 is 0. The van der Waals surface area contributed by atoms with Crippen molar-refractivity contribution in [3.8, 4) is 0 Å². The highest BCUT2D eigenvalue weighted by Crippen LogP contribution is 2.17. The van der Waals surface area contributed by atoms with Gasteiger partial charge in [-0.2, -0.15) is 0 Å². The van der Waals surface area contributed by atoms with Gasteiger partial charge >= 0.3 is 5.97 Å². The van der Waals surface area contributed by atoms with Gasteiger partial charge in [-0.1, -0.05) is 6.92 Å². The number of amides is 1. The summed E-state index contributed by atoms with van der Waals surface area (Å²) in [6, 6.07) is 9.89. The van der Waals surface area contributed by atoms with E-state index in [1.165, 1.54) is 24.3 Å². The lowest BCUT2D eigenvalue weighted by atomic mass is 10.2. The van der Waals surface area contributed by atoms with Crippen LogP contribution in [0.4, 0.5) is 10.1 Å². The lowest BCUT2D eigenvalue weighted by molar-refractivity contribution is -0.124. The highest BCUT2D eigenvalue weighted by molar-refractivity contribution is 7.92. The Balaban J connectivity index is 1.96. The molecule has 28 heavy (non-hydrogen) atoms. The molecule has 1 amide bonds. The highest BCUT2D eigenvalue weighted by atomic mass is 32.2. The van der Waals surface area contributed by atoms with Crippen LogP contribution in [0.25, 0.3) is 0 Å². The number of anilines is 1. The third kappa shape index (κ3) is 6.05. The second-order valence-electron chi connectivity index (χ2n) is 6.09. The molecule has 2 aromatic rings. The van der Waals surface area contributed by atoms with E-state index in [0.29, 0.717) is 0 Å². The number of hydrogen-bond acceptors (Lipinski definition) is 5. The Kier molecular flexibility index (Phi) is 7.11. The third-order valence-electron chi connectivity index (χ3n) is 3.85. The van der Waals surface area contributed by atoms with Gasteiger partial charge < -0.3 is 10.1 Å². The van der Waals surface area contributed by atoms with E-state index in [9.17, 15) is 22.4 Å². The summed E-state index contributed by atoms with van der Waals surface area (Å²) in [5, 5.41) is 2.67. The van der Waals surface area contributed by atoms with Crippen LogP contribution < -0.4 is 10.0 Å². The van der Waals surface area contributed by atoms with E-state index in [2.05, 4.69) is 10.0 Å². The van der Waals surface area contributed by atoms with Gasteiger partial charge in [0.2, 0.25) is 0 Å². The van der Waals surface area contributed by atoms with Crippen molar-refractivity contribution < 1.29 is 27.1 Å². The molecule has 0 bridgehead atoms. The van der Waals surface area contributed by atoms with E-state index in [-0.39, 0.29) is 22.2 Å². The minimum absolute atomic E-state index is 0.0142. The van der Waals surface area contributed by atoms with Crippen LogP contribution in [0.1, 0.15) is 30.6 Å². The number of sulfonamides is 1.